The first kappa shape index (κ1) is 17.6. The fourth-order valence-electron chi connectivity index (χ4n) is 2.71. The molecule has 0 aliphatic rings. The quantitative estimate of drug-likeness (QED) is 0.549. The van der Waals surface area contributed by atoms with E-state index in [9.17, 15) is 0 Å². The molecule has 0 amide bonds. The van der Waals surface area contributed by atoms with E-state index in [0.717, 1.165) is 17.1 Å². The third kappa shape index (κ3) is 4.43. The molecule has 0 radical (unpaired) electrons. The Morgan fingerprint density at radius 3 is 2.46 bits per heavy atom. The van der Waals surface area contributed by atoms with Crippen molar-refractivity contribution >= 4 is 42.6 Å². The molecule has 0 bridgehead atoms. The van der Waals surface area contributed by atoms with E-state index in [1.165, 1.54) is 15.6 Å². The predicted octanol–water partition coefficient (Wildman–Crippen LogP) is 4.58. The van der Waals surface area contributed by atoms with E-state index in [1.54, 1.807) is 0 Å². The second-order valence-corrected chi connectivity index (χ2v) is 9.38. The summed E-state index contributed by atoms with van der Waals surface area (Å²) in [6.07, 6.45) is 5.66. The minimum atomic E-state index is 0.249. The molecule has 1 atom stereocenters. The first-order valence-corrected chi connectivity index (χ1v) is 10.3. The van der Waals surface area contributed by atoms with Crippen LogP contribution in [0.2, 0.25) is 10.0 Å². The molecule has 2 aromatic carbocycles. The third-order valence-electron chi connectivity index (χ3n) is 3.72. The Balaban J connectivity index is 1.94. The van der Waals surface area contributed by atoms with Gasteiger partial charge >= 0.3 is 159 Å². The van der Waals surface area contributed by atoms with Crippen LogP contribution >= 0.6 is 23.2 Å². The zero-order chi connectivity index (χ0) is 17.1. The molecule has 2 nitrogen and oxygen atoms in total. The molecule has 1 unspecified atom stereocenters. The van der Waals surface area contributed by atoms with Crippen LogP contribution < -0.4 is 4.46 Å². The van der Waals surface area contributed by atoms with Gasteiger partial charge in [-0.15, -0.1) is 0 Å². The maximum absolute atomic E-state index is 6.49. The Kier molecular flexibility index (Phi) is 5.68. The molecule has 0 fully saturated rings. The molecule has 124 valence electrons. The number of imidazole rings is 1. The summed E-state index contributed by atoms with van der Waals surface area (Å²) in [6, 6.07) is 12.6. The van der Waals surface area contributed by atoms with Gasteiger partial charge in [-0.05, 0) is 0 Å². The molecule has 24 heavy (non-hydrogen) atoms. The first-order valence-electron chi connectivity index (χ1n) is 7.67. The number of hydrogen-bond donors (Lipinski definition) is 0. The first-order chi connectivity index (χ1) is 11.5. The van der Waals surface area contributed by atoms with Gasteiger partial charge in [0.15, 0.2) is 0 Å². The fraction of sp³-hybridized carbons (Fsp3) is 0.211. The topological polar surface area (TPSA) is 17.8 Å². The van der Waals surface area contributed by atoms with E-state index < -0.39 is 0 Å². The number of nitrogens with zero attached hydrogens (tertiary/aromatic N) is 2. The van der Waals surface area contributed by atoms with Gasteiger partial charge in [-0.3, -0.25) is 0 Å². The summed E-state index contributed by atoms with van der Waals surface area (Å²) in [4.78, 5) is 4.47. The van der Waals surface area contributed by atoms with Crippen molar-refractivity contribution in [3.8, 4) is 0 Å². The number of hydrogen-bond acceptors (Lipinski definition) is 1. The van der Waals surface area contributed by atoms with Crippen molar-refractivity contribution in [1.29, 1.82) is 0 Å². The molecule has 0 saturated heterocycles. The van der Waals surface area contributed by atoms with Crippen molar-refractivity contribution in [2.24, 2.45) is 0 Å². The van der Waals surface area contributed by atoms with Crippen LogP contribution in [-0.2, 0) is 6.54 Å². The summed E-state index contributed by atoms with van der Waals surface area (Å²) in [5.74, 6) is 0. The van der Waals surface area contributed by atoms with E-state index in [1.807, 2.05) is 30.9 Å². The van der Waals surface area contributed by atoms with Gasteiger partial charge in [0.05, 0.1) is 0 Å². The molecule has 5 heteroatoms. The van der Waals surface area contributed by atoms with Crippen LogP contribution in [0.4, 0.5) is 0 Å². The van der Waals surface area contributed by atoms with Gasteiger partial charge in [0, 0.05) is 0 Å². The van der Waals surface area contributed by atoms with Crippen molar-refractivity contribution < 1.29 is 0 Å². The van der Waals surface area contributed by atoms with Crippen LogP contribution in [0.15, 0.2) is 55.1 Å². The third-order valence-corrected chi connectivity index (χ3v) is 6.79. The Morgan fingerprint density at radius 1 is 1.08 bits per heavy atom. The van der Waals surface area contributed by atoms with Crippen molar-refractivity contribution in [2.45, 2.75) is 25.2 Å². The van der Waals surface area contributed by atoms with Crippen LogP contribution in [0.5, 0.6) is 0 Å². The molecule has 3 rings (SSSR count). The van der Waals surface area contributed by atoms with Gasteiger partial charge in [0.1, 0.15) is 0 Å². The summed E-state index contributed by atoms with van der Waals surface area (Å²) in [5, 5.41) is 1.41. The second kappa shape index (κ2) is 7.75. The number of halogens is 2. The fourth-order valence-corrected chi connectivity index (χ4v) is 6.37. The van der Waals surface area contributed by atoms with E-state index in [0.29, 0.717) is 9.84 Å². The summed E-state index contributed by atoms with van der Waals surface area (Å²) in [5.41, 5.74) is 3.75. The molecular weight excluding hydrogens is 406 g/mol. The maximum atomic E-state index is 6.49. The van der Waals surface area contributed by atoms with Gasteiger partial charge in [-0.25, -0.2) is 0 Å². The Hall–Kier alpha value is -1.25. The summed E-state index contributed by atoms with van der Waals surface area (Å²) in [7, 11) is 0. The van der Waals surface area contributed by atoms with Crippen LogP contribution in [-0.4, -0.2) is 24.5 Å². The average Bonchev–Trinajstić information content (AvgIpc) is 2.98. The molecule has 1 heterocycles. The van der Waals surface area contributed by atoms with Gasteiger partial charge in [-0.2, -0.15) is 0 Å². The van der Waals surface area contributed by atoms with Gasteiger partial charge in [-0.1, -0.05) is 0 Å². The molecule has 1 aromatic heterocycles. The van der Waals surface area contributed by atoms with Crippen molar-refractivity contribution in [3.63, 3.8) is 0 Å². The van der Waals surface area contributed by atoms with E-state index in [2.05, 4.69) is 47.7 Å². The number of aromatic nitrogens is 2. The summed E-state index contributed by atoms with van der Waals surface area (Å²) >= 11 is 12.8. The number of benzene rings is 2. The Morgan fingerprint density at radius 2 is 1.83 bits per heavy atom. The number of rotatable bonds is 5. The number of aryl methyl sites for hydroxylation is 2. The molecule has 0 spiro atoms. The average molecular weight is 424 g/mol. The van der Waals surface area contributed by atoms with Crippen LogP contribution in [0.25, 0.3) is 0 Å². The zero-order valence-corrected chi connectivity index (χ0v) is 16.8. The van der Waals surface area contributed by atoms with E-state index in [4.69, 9.17) is 23.2 Å². The normalized spacial score (nSPS) is 12.3. The minimum absolute atomic E-state index is 0.249. The summed E-state index contributed by atoms with van der Waals surface area (Å²) < 4.78 is 3.50. The Bertz CT molecular complexity index is 811. The van der Waals surface area contributed by atoms with Crippen molar-refractivity contribution in [2.75, 3.05) is 0 Å². The molecular formula is C19H18Cl2N2Se. The van der Waals surface area contributed by atoms with E-state index in [-0.39, 0.29) is 15.0 Å². The van der Waals surface area contributed by atoms with Crippen LogP contribution in [0.3, 0.4) is 0 Å². The molecule has 0 aliphatic carbocycles. The Labute approximate surface area is 159 Å². The SMILES string of the molecule is Cc1cc(C)cc([Se]C(Cn2ccnc2)c2ccc(Cl)cc2Cl)c1. The van der Waals surface area contributed by atoms with Gasteiger partial charge in [0.25, 0.3) is 0 Å². The standard InChI is InChI=1S/C19H18Cl2N2Se/c1-13-7-14(2)9-16(8-13)24-19(11-23-6-5-22-12-23)17-4-3-15(20)10-18(17)21/h3-10,12,19H,11H2,1-2H3. The monoisotopic (exact) mass is 424 g/mol. The zero-order valence-electron chi connectivity index (χ0n) is 13.5. The second-order valence-electron chi connectivity index (χ2n) is 5.86. The molecule has 0 saturated carbocycles. The predicted molar refractivity (Wildman–Crippen MR) is 103 cm³/mol. The molecule has 0 aliphatic heterocycles. The van der Waals surface area contributed by atoms with Crippen LogP contribution in [0, 0.1) is 13.8 Å². The van der Waals surface area contributed by atoms with Crippen molar-refractivity contribution in [3.05, 3.63) is 81.9 Å². The van der Waals surface area contributed by atoms with Gasteiger partial charge in [0.2, 0.25) is 0 Å². The van der Waals surface area contributed by atoms with Gasteiger partial charge < -0.3 is 0 Å². The molecule has 0 N–H and O–H groups in total. The van der Waals surface area contributed by atoms with Crippen molar-refractivity contribution in [1.82, 2.24) is 9.55 Å². The molecule has 3 aromatic rings. The van der Waals surface area contributed by atoms with E-state index >= 15 is 0 Å². The summed E-state index contributed by atoms with van der Waals surface area (Å²) in [6.45, 7) is 5.15. The van der Waals surface area contributed by atoms with Crippen LogP contribution in [0.1, 0.15) is 21.5 Å².